The third-order valence-electron chi connectivity index (χ3n) is 6.43. The van der Waals surface area contributed by atoms with Crippen molar-refractivity contribution in [2.45, 2.75) is 38.1 Å². The van der Waals surface area contributed by atoms with Crippen molar-refractivity contribution in [3.05, 3.63) is 35.0 Å². The van der Waals surface area contributed by atoms with Gasteiger partial charge in [-0.3, -0.25) is 4.79 Å². The number of amides is 1. The average molecular weight is 458 g/mol. The Hall–Kier alpha value is -2.58. The first-order valence-electron chi connectivity index (χ1n) is 11.4. The van der Waals surface area contributed by atoms with E-state index in [0.717, 1.165) is 18.8 Å². The average Bonchev–Trinajstić information content (AvgIpc) is 2.85. The first-order chi connectivity index (χ1) is 15.6. The van der Waals surface area contributed by atoms with E-state index >= 15 is 0 Å². The zero-order valence-corrected chi connectivity index (χ0v) is 19.6. The van der Waals surface area contributed by atoms with Gasteiger partial charge < -0.3 is 25.8 Å². The van der Waals surface area contributed by atoms with Gasteiger partial charge in [0.15, 0.2) is 5.82 Å². The number of anilines is 4. The summed E-state index contributed by atoms with van der Waals surface area (Å²) in [5.41, 5.74) is 2.28. The van der Waals surface area contributed by atoms with Gasteiger partial charge in [0.1, 0.15) is 5.02 Å². The number of nitrogens with zero attached hydrogens (tertiary/aromatic N) is 4. The highest BCUT2D eigenvalue weighted by atomic mass is 35.5. The number of piperidine rings is 2. The van der Waals surface area contributed by atoms with Crippen LogP contribution in [0.15, 0.2) is 24.4 Å². The molecule has 2 aliphatic rings. The van der Waals surface area contributed by atoms with Gasteiger partial charge >= 0.3 is 0 Å². The molecule has 1 aromatic heterocycles. The molecule has 0 saturated carbocycles. The van der Waals surface area contributed by atoms with E-state index in [0.29, 0.717) is 34.1 Å². The summed E-state index contributed by atoms with van der Waals surface area (Å²) in [7, 11) is 3.38. The summed E-state index contributed by atoms with van der Waals surface area (Å²) in [4.78, 5) is 26.2. The van der Waals surface area contributed by atoms with E-state index in [1.807, 2.05) is 12.1 Å². The summed E-state index contributed by atoms with van der Waals surface area (Å²) in [6.07, 6.45) is 7.89. The molecule has 1 aromatic carbocycles. The minimum absolute atomic E-state index is 0.156. The molecule has 4 rings (SSSR count). The second-order valence-corrected chi connectivity index (χ2v) is 8.80. The van der Waals surface area contributed by atoms with Crippen LogP contribution in [0.25, 0.3) is 0 Å². The summed E-state index contributed by atoms with van der Waals surface area (Å²) in [6.45, 7) is 4.49. The number of hydrogen-bond donors (Lipinski definition) is 3. The van der Waals surface area contributed by atoms with Crippen LogP contribution in [-0.4, -0.2) is 67.1 Å². The van der Waals surface area contributed by atoms with Gasteiger partial charge in [-0.2, -0.15) is 4.98 Å². The summed E-state index contributed by atoms with van der Waals surface area (Å²) in [6, 6.07) is 6.63. The molecule has 0 bridgehead atoms. The Bertz CT molecular complexity index is 940. The van der Waals surface area contributed by atoms with Crippen molar-refractivity contribution in [2.75, 3.05) is 55.8 Å². The van der Waals surface area contributed by atoms with Crippen molar-refractivity contribution in [3.8, 4) is 0 Å². The summed E-state index contributed by atoms with van der Waals surface area (Å²) >= 11 is 6.27. The number of aromatic nitrogens is 2. The maximum absolute atomic E-state index is 12.7. The van der Waals surface area contributed by atoms with E-state index in [4.69, 9.17) is 11.6 Å². The van der Waals surface area contributed by atoms with Gasteiger partial charge in [-0.1, -0.05) is 18.0 Å². The zero-order chi connectivity index (χ0) is 22.5. The van der Waals surface area contributed by atoms with E-state index in [1.165, 1.54) is 51.4 Å². The molecule has 0 unspecified atom stereocenters. The summed E-state index contributed by atoms with van der Waals surface area (Å²) in [5.74, 6) is 0.745. The van der Waals surface area contributed by atoms with E-state index in [2.05, 4.69) is 41.8 Å². The third-order valence-corrected chi connectivity index (χ3v) is 6.71. The lowest BCUT2D eigenvalue weighted by molar-refractivity contribution is 0.0964. The van der Waals surface area contributed by atoms with Crippen LogP contribution >= 0.6 is 11.6 Å². The Morgan fingerprint density at radius 2 is 1.84 bits per heavy atom. The molecule has 2 aliphatic heterocycles. The Labute approximate surface area is 194 Å². The van der Waals surface area contributed by atoms with E-state index in [9.17, 15) is 4.79 Å². The molecule has 172 valence electrons. The van der Waals surface area contributed by atoms with Gasteiger partial charge in [-0.05, 0) is 57.0 Å². The van der Waals surface area contributed by atoms with Crippen LogP contribution in [0.1, 0.15) is 42.5 Å². The molecule has 0 atom stereocenters. The maximum Gasteiger partial charge on any atom is 0.253 e. The Balaban J connectivity index is 1.51. The normalized spacial score (nSPS) is 17.8. The second kappa shape index (κ2) is 10.4. The monoisotopic (exact) mass is 457 g/mol. The molecule has 2 aromatic rings. The lowest BCUT2D eigenvalue weighted by Gasteiger charge is -2.41. The van der Waals surface area contributed by atoms with E-state index in [1.54, 1.807) is 14.1 Å². The van der Waals surface area contributed by atoms with Crippen molar-refractivity contribution < 1.29 is 4.79 Å². The third kappa shape index (κ3) is 5.07. The van der Waals surface area contributed by atoms with Crippen LogP contribution < -0.4 is 20.9 Å². The summed E-state index contributed by atoms with van der Waals surface area (Å²) < 4.78 is 0. The van der Waals surface area contributed by atoms with Crippen LogP contribution in [0.5, 0.6) is 0 Å². The van der Waals surface area contributed by atoms with Gasteiger partial charge in [-0.15, -0.1) is 0 Å². The first-order valence-corrected chi connectivity index (χ1v) is 11.8. The molecule has 2 fully saturated rings. The molecular formula is C23H32ClN7O. The number of carbonyl (C=O) groups is 1. The van der Waals surface area contributed by atoms with Crippen molar-refractivity contribution in [2.24, 2.45) is 0 Å². The van der Waals surface area contributed by atoms with Gasteiger partial charge in [-0.25, -0.2) is 4.98 Å². The Morgan fingerprint density at radius 1 is 1.09 bits per heavy atom. The lowest BCUT2D eigenvalue weighted by atomic mass is 9.99. The number of likely N-dealkylation sites (tertiary alicyclic amines) is 1. The topological polar surface area (TPSA) is 85.4 Å². The van der Waals surface area contributed by atoms with E-state index in [-0.39, 0.29) is 5.91 Å². The standard InChI is InChI=1S/C23H32ClN7O/c1-25-22(32)18-14-17(31-12-8-16(9-13-31)30-10-4-3-5-11-30)6-7-20(18)28-21-19(24)15-27-23(26-2)29-21/h6-7,14-16H,3-5,8-13H2,1-2H3,(H,25,32)(H2,26,27,28,29). The largest absolute Gasteiger partial charge is 0.371 e. The molecule has 8 nitrogen and oxygen atoms in total. The van der Waals surface area contributed by atoms with E-state index < -0.39 is 0 Å². The molecule has 3 heterocycles. The molecule has 0 spiro atoms. The molecule has 32 heavy (non-hydrogen) atoms. The number of carbonyl (C=O) groups excluding carboxylic acids is 1. The predicted octanol–water partition coefficient (Wildman–Crippen LogP) is 3.73. The number of halogens is 1. The van der Waals surface area contributed by atoms with Gasteiger partial charge in [0.2, 0.25) is 5.95 Å². The maximum atomic E-state index is 12.7. The number of benzene rings is 1. The van der Waals surface area contributed by atoms with Gasteiger partial charge in [0.25, 0.3) is 5.91 Å². The zero-order valence-electron chi connectivity index (χ0n) is 18.8. The lowest BCUT2D eigenvalue weighted by Crippen LogP contribution is -2.46. The molecule has 1 amide bonds. The number of hydrogen-bond acceptors (Lipinski definition) is 7. The highest BCUT2D eigenvalue weighted by Crippen LogP contribution is 2.31. The smallest absolute Gasteiger partial charge is 0.253 e. The molecular weight excluding hydrogens is 426 g/mol. The van der Waals surface area contributed by atoms with Crippen molar-refractivity contribution >= 4 is 40.6 Å². The minimum atomic E-state index is -0.156. The van der Waals surface area contributed by atoms with Crippen molar-refractivity contribution in [3.63, 3.8) is 0 Å². The number of nitrogens with one attached hydrogen (secondary N) is 3. The molecule has 2 saturated heterocycles. The fraction of sp³-hybridized carbons (Fsp3) is 0.522. The molecule has 0 aliphatic carbocycles. The highest BCUT2D eigenvalue weighted by Gasteiger charge is 2.26. The van der Waals surface area contributed by atoms with Crippen LogP contribution in [0.4, 0.5) is 23.1 Å². The van der Waals surface area contributed by atoms with Crippen LogP contribution in [0.2, 0.25) is 5.02 Å². The van der Waals surface area contributed by atoms with Crippen molar-refractivity contribution in [1.29, 1.82) is 0 Å². The van der Waals surface area contributed by atoms with Crippen LogP contribution in [0.3, 0.4) is 0 Å². The SMILES string of the molecule is CNC(=O)c1cc(N2CCC(N3CCCCC3)CC2)ccc1Nc1nc(NC)ncc1Cl. The highest BCUT2D eigenvalue weighted by molar-refractivity contribution is 6.33. The molecule has 0 radical (unpaired) electrons. The Morgan fingerprint density at radius 3 is 2.53 bits per heavy atom. The van der Waals surface area contributed by atoms with Crippen LogP contribution in [-0.2, 0) is 0 Å². The van der Waals surface area contributed by atoms with Crippen LogP contribution in [0, 0.1) is 0 Å². The first kappa shape index (κ1) is 22.6. The second-order valence-electron chi connectivity index (χ2n) is 8.39. The quantitative estimate of drug-likeness (QED) is 0.609. The van der Waals surface area contributed by atoms with Gasteiger partial charge in [0, 0.05) is 38.9 Å². The molecule has 3 N–H and O–H groups in total. The summed E-state index contributed by atoms with van der Waals surface area (Å²) in [5, 5.41) is 9.23. The fourth-order valence-corrected chi connectivity index (χ4v) is 4.77. The Kier molecular flexibility index (Phi) is 7.32. The molecule has 9 heteroatoms. The van der Waals surface area contributed by atoms with Gasteiger partial charge in [0.05, 0.1) is 17.4 Å². The number of rotatable bonds is 6. The predicted molar refractivity (Wildman–Crippen MR) is 130 cm³/mol. The van der Waals surface area contributed by atoms with Crippen molar-refractivity contribution in [1.82, 2.24) is 20.2 Å². The minimum Gasteiger partial charge on any atom is -0.371 e. The fourth-order valence-electron chi connectivity index (χ4n) is 4.64.